The van der Waals surface area contributed by atoms with Crippen LogP contribution in [-0.2, 0) is 4.74 Å². The molecule has 0 spiro atoms. The second-order valence-electron chi connectivity index (χ2n) is 6.51. The number of rotatable bonds is 3. The fourth-order valence-corrected chi connectivity index (χ4v) is 3.90. The Hall–Kier alpha value is -1.39. The van der Waals surface area contributed by atoms with Gasteiger partial charge in [-0.1, -0.05) is 24.6 Å². The lowest BCUT2D eigenvalue weighted by Crippen LogP contribution is -2.53. The molecule has 1 aromatic rings. The number of likely N-dealkylation sites (tertiary alicyclic amines) is 2. The van der Waals surface area contributed by atoms with Crippen molar-refractivity contribution in [3.8, 4) is 0 Å². The van der Waals surface area contributed by atoms with E-state index in [2.05, 4.69) is 16.7 Å². The molecular formula is C18H26N2O2. The van der Waals surface area contributed by atoms with Gasteiger partial charge in [-0.25, -0.2) is 0 Å². The van der Waals surface area contributed by atoms with Crippen LogP contribution < -0.4 is 0 Å². The molecule has 0 bridgehead atoms. The monoisotopic (exact) mass is 302 g/mol. The van der Waals surface area contributed by atoms with Crippen LogP contribution in [-0.4, -0.2) is 61.1 Å². The molecule has 0 N–H and O–H groups in total. The second-order valence-corrected chi connectivity index (χ2v) is 6.51. The van der Waals surface area contributed by atoms with Crippen molar-refractivity contribution in [3.05, 3.63) is 35.4 Å². The first-order chi connectivity index (χ1) is 10.6. The van der Waals surface area contributed by atoms with Gasteiger partial charge in [0, 0.05) is 38.2 Å². The lowest BCUT2D eigenvalue weighted by atomic mass is 9.88. The Bertz CT molecular complexity index is 528. The highest BCUT2D eigenvalue weighted by atomic mass is 16.5. The number of hydrogen-bond donors (Lipinski definition) is 0. The summed E-state index contributed by atoms with van der Waals surface area (Å²) in [7, 11) is 1.80. The number of aryl methyl sites for hydroxylation is 1. The summed E-state index contributed by atoms with van der Waals surface area (Å²) in [5.74, 6) is 0.607. The smallest absolute Gasteiger partial charge is 0.254 e. The van der Waals surface area contributed by atoms with Gasteiger partial charge in [0.25, 0.3) is 5.91 Å². The third-order valence-corrected chi connectivity index (χ3v) is 5.25. The van der Waals surface area contributed by atoms with Gasteiger partial charge >= 0.3 is 0 Å². The van der Waals surface area contributed by atoms with E-state index in [9.17, 15) is 4.79 Å². The van der Waals surface area contributed by atoms with Crippen molar-refractivity contribution in [3.63, 3.8) is 0 Å². The van der Waals surface area contributed by atoms with E-state index in [-0.39, 0.29) is 18.1 Å². The van der Waals surface area contributed by atoms with Gasteiger partial charge in [0.2, 0.25) is 0 Å². The highest BCUT2D eigenvalue weighted by Crippen LogP contribution is 2.33. The molecule has 2 aliphatic heterocycles. The molecule has 0 unspecified atom stereocenters. The maximum Gasteiger partial charge on any atom is 0.254 e. The fourth-order valence-electron chi connectivity index (χ4n) is 3.90. The average molecular weight is 302 g/mol. The molecular weight excluding hydrogens is 276 g/mol. The molecule has 4 nitrogen and oxygen atoms in total. The van der Waals surface area contributed by atoms with E-state index in [0.29, 0.717) is 5.92 Å². The SMILES string of the molecule is CCN1C[C@H]2[C@@H](C1)N(C(=O)c1ccc(C)cc1)CC[C@H]2OC. The summed E-state index contributed by atoms with van der Waals surface area (Å²) in [6, 6.07) is 8.20. The van der Waals surface area contributed by atoms with E-state index < -0.39 is 0 Å². The summed E-state index contributed by atoms with van der Waals surface area (Å²) < 4.78 is 5.68. The predicted octanol–water partition coefficient (Wildman–Crippen LogP) is 2.18. The van der Waals surface area contributed by atoms with Crippen molar-refractivity contribution in [1.82, 2.24) is 9.80 Å². The van der Waals surface area contributed by atoms with Crippen molar-refractivity contribution in [2.75, 3.05) is 33.3 Å². The molecule has 0 saturated carbocycles. The number of hydrogen-bond acceptors (Lipinski definition) is 3. The summed E-state index contributed by atoms with van der Waals surface area (Å²) in [4.78, 5) is 17.4. The number of likely N-dealkylation sites (N-methyl/N-ethyl adjacent to an activating group) is 1. The third kappa shape index (κ3) is 2.77. The Labute approximate surface area is 133 Å². The Morgan fingerprint density at radius 1 is 1.27 bits per heavy atom. The maximum atomic E-state index is 12.9. The molecule has 1 amide bonds. The van der Waals surface area contributed by atoms with Crippen LogP contribution >= 0.6 is 0 Å². The zero-order chi connectivity index (χ0) is 15.7. The second kappa shape index (κ2) is 6.39. The molecule has 120 valence electrons. The third-order valence-electron chi connectivity index (χ3n) is 5.25. The van der Waals surface area contributed by atoms with Crippen LogP contribution in [0.15, 0.2) is 24.3 Å². The van der Waals surface area contributed by atoms with Crippen LogP contribution in [0.5, 0.6) is 0 Å². The van der Waals surface area contributed by atoms with Gasteiger partial charge in [0.15, 0.2) is 0 Å². The van der Waals surface area contributed by atoms with Gasteiger partial charge < -0.3 is 14.5 Å². The van der Waals surface area contributed by atoms with Crippen LogP contribution in [0.1, 0.15) is 29.3 Å². The van der Waals surface area contributed by atoms with E-state index in [1.165, 1.54) is 5.56 Å². The number of nitrogens with zero attached hydrogens (tertiary/aromatic N) is 2. The number of carbonyl (C=O) groups excluding carboxylic acids is 1. The molecule has 22 heavy (non-hydrogen) atoms. The summed E-state index contributed by atoms with van der Waals surface area (Å²) in [5, 5.41) is 0. The van der Waals surface area contributed by atoms with Crippen molar-refractivity contribution in [2.24, 2.45) is 5.92 Å². The molecule has 2 fully saturated rings. The topological polar surface area (TPSA) is 32.8 Å². The minimum absolute atomic E-state index is 0.169. The largest absolute Gasteiger partial charge is 0.381 e. The molecule has 0 radical (unpaired) electrons. The molecule has 4 heteroatoms. The van der Waals surface area contributed by atoms with E-state index in [1.54, 1.807) is 7.11 Å². The highest BCUT2D eigenvalue weighted by Gasteiger charge is 2.45. The van der Waals surface area contributed by atoms with Gasteiger partial charge in [-0.15, -0.1) is 0 Å². The first-order valence-corrected chi connectivity index (χ1v) is 8.26. The van der Waals surface area contributed by atoms with Gasteiger partial charge in [0.05, 0.1) is 12.1 Å². The molecule has 0 aliphatic carbocycles. The normalized spacial score (nSPS) is 28.7. The Morgan fingerprint density at radius 2 is 2.00 bits per heavy atom. The average Bonchev–Trinajstić information content (AvgIpc) is 2.98. The number of fused-ring (bicyclic) bond motifs is 1. The van der Waals surface area contributed by atoms with Crippen LogP contribution in [0.3, 0.4) is 0 Å². The van der Waals surface area contributed by atoms with E-state index in [0.717, 1.165) is 38.2 Å². The van der Waals surface area contributed by atoms with Gasteiger partial charge in [0.1, 0.15) is 0 Å². The lowest BCUT2D eigenvalue weighted by Gasteiger charge is -2.41. The van der Waals surface area contributed by atoms with Crippen LogP contribution in [0.25, 0.3) is 0 Å². The van der Waals surface area contributed by atoms with Gasteiger partial charge in [-0.2, -0.15) is 0 Å². The fraction of sp³-hybridized carbons (Fsp3) is 0.611. The summed E-state index contributed by atoms with van der Waals surface area (Å²) in [6.07, 6.45) is 1.22. The van der Waals surface area contributed by atoms with Crippen molar-refractivity contribution >= 4 is 5.91 Å². The quantitative estimate of drug-likeness (QED) is 0.858. The Balaban J connectivity index is 1.81. The predicted molar refractivity (Wildman–Crippen MR) is 87.0 cm³/mol. The number of piperidine rings is 1. The number of methoxy groups -OCH3 is 1. The lowest BCUT2D eigenvalue weighted by molar-refractivity contribution is -0.0156. The molecule has 3 atom stereocenters. The van der Waals surface area contributed by atoms with Crippen molar-refractivity contribution in [1.29, 1.82) is 0 Å². The summed E-state index contributed by atoms with van der Waals surface area (Å²) in [6.45, 7) is 8.08. The summed E-state index contributed by atoms with van der Waals surface area (Å²) >= 11 is 0. The Morgan fingerprint density at radius 3 is 2.64 bits per heavy atom. The molecule has 0 aromatic heterocycles. The van der Waals surface area contributed by atoms with Gasteiger partial charge in [-0.3, -0.25) is 4.79 Å². The number of benzene rings is 1. The van der Waals surface area contributed by atoms with Gasteiger partial charge in [-0.05, 0) is 32.0 Å². The molecule has 3 rings (SSSR count). The molecule has 2 saturated heterocycles. The van der Waals surface area contributed by atoms with Crippen LogP contribution in [0, 0.1) is 12.8 Å². The highest BCUT2D eigenvalue weighted by molar-refractivity contribution is 5.94. The summed E-state index contributed by atoms with van der Waals surface area (Å²) in [5.41, 5.74) is 1.99. The molecule has 2 heterocycles. The zero-order valence-corrected chi connectivity index (χ0v) is 13.8. The minimum atomic E-state index is 0.169. The van der Waals surface area contributed by atoms with Crippen LogP contribution in [0.2, 0.25) is 0 Å². The first-order valence-electron chi connectivity index (χ1n) is 8.26. The number of amides is 1. The Kier molecular flexibility index (Phi) is 4.50. The molecule has 1 aromatic carbocycles. The van der Waals surface area contributed by atoms with Crippen molar-refractivity contribution < 1.29 is 9.53 Å². The standard InChI is InChI=1S/C18H26N2O2/c1-4-19-11-15-16(12-19)20(10-9-17(15)22-3)18(21)14-7-5-13(2)6-8-14/h5-8,15-17H,4,9-12H2,1-3H3/t15-,16+,17+/m0/s1. The van der Waals surface area contributed by atoms with E-state index >= 15 is 0 Å². The first kappa shape index (κ1) is 15.5. The molecule has 2 aliphatic rings. The van der Waals surface area contributed by atoms with E-state index in [1.807, 2.05) is 31.2 Å². The van der Waals surface area contributed by atoms with Crippen LogP contribution in [0.4, 0.5) is 0 Å². The maximum absolute atomic E-state index is 12.9. The zero-order valence-electron chi connectivity index (χ0n) is 13.8. The minimum Gasteiger partial charge on any atom is -0.381 e. The number of ether oxygens (including phenoxy) is 1. The van der Waals surface area contributed by atoms with E-state index in [4.69, 9.17) is 4.74 Å². The van der Waals surface area contributed by atoms with Crippen molar-refractivity contribution in [2.45, 2.75) is 32.4 Å². The number of carbonyl (C=O) groups is 1.